The van der Waals surface area contributed by atoms with Crippen molar-refractivity contribution in [2.75, 3.05) is 6.61 Å². The van der Waals surface area contributed by atoms with Crippen LogP contribution < -0.4 is 0 Å². The lowest BCUT2D eigenvalue weighted by atomic mass is 9.96. The summed E-state index contributed by atoms with van der Waals surface area (Å²) in [5, 5.41) is -0.377. The number of carbonyl (C=O) groups is 1. The molecule has 0 radical (unpaired) electrons. The molecule has 0 N–H and O–H groups in total. The van der Waals surface area contributed by atoms with Gasteiger partial charge in [-0.2, -0.15) is 0 Å². The average molecular weight is 331 g/mol. The Balaban J connectivity index is 2.39. The second kappa shape index (κ2) is 5.61. The number of benzene rings is 1. The SMILES string of the molecule is CCOC(=O)C1(c2ccc(S(=O)(=O)C(C)C)c(Cl)c2)CC1. The fourth-order valence-electron chi connectivity index (χ4n) is 2.29. The fourth-order valence-corrected chi connectivity index (χ4v) is 3.89. The molecule has 1 aliphatic rings. The molecule has 2 rings (SSSR count). The quantitative estimate of drug-likeness (QED) is 0.778. The van der Waals surface area contributed by atoms with Gasteiger partial charge in [0.05, 0.1) is 27.2 Å². The number of hydrogen-bond donors (Lipinski definition) is 0. The Bertz CT molecular complexity index is 660. The van der Waals surface area contributed by atoms with Crippen LogP contribution >= 0.6 is 11.6 Å². The molecule has 21 heavy (non-hydrogen) atoms. The molecule has 1 aromatic carbocycles. The van der Waals surface area contributed by atoms with Crippen LogP contribution in [0.2, 0.25) is 5.02 Å². The van der Waals surface area contributed by atoms with Gasteiger partial charge in [-0.25, -0.2) is 8.42 Å². The van der Waals surface area contributed by atoms with E-state index in [-0.39, 0.29) is 15.9 Å². The Morgan fingerprint density at radius 1 is 1.38 bits per heavy atom. The van der Waals surface area contributed by atoms with Crippen molar-refractivity contribution >= 4 is 27.4 Å². The third-order valence-electron chi connectivity index (χ3n) is 3.83. The molecule has 1 fully saturated rings. The van der Waals surface area contributed by atoms with Crippen LogP contribution in [0.5, 0.6) is 0 Å². The van der Waals surface area contributed by atoms with E-state index in [9.17, 15) is 13.2 Å². The first-order chi connectivity index (χ1) is 9.75. The first-order valence-corrected chi connectivity index (χ1v) is 8.89. The number of rotatable bonds is 5. The molecule has 1 aromatic rings. The summed E-state index contributed by atoms with van der Waals surface area (Å²) in [5.41, 5.74) is 0.0911. The molecule has 0 atom stereocenters. The topological polar surface area (TPSA) is 60.4 Å². The van der Waals surface area contributed by atoms with Crippen LogP contribution in [0.1, 0.15) is 39.2 Å². The van der Waals surface area contributed by atoms with E-state index in [1.165, 1.54) is 6.07 Å². The van der Waals surface area contributed by atoms with Crippen LogP contribution in [0.4, 0.5) is 0 Å². The molecule has 0 unspecified atom stereocenters. The number of ether oxygens (including phenoxy) is 1. The van der Waals surface area contributed by atoms with E-state index < -0.39 is 20.5 Å². The molecule has 0 amide bonds. The largest absolute Gasteiger partial charge is 0.465 e. The maximum Gasteiger partial charge on any atom is 0.316 e. The highest BCUT2D eigenvalue weighted by molar-refractivity contribution is 7.92. The van der Waals surface area contributed by atoms with Crippen molar-refractivity contribution < 1.29 is 17.9 Å². The van der Waals surface area contributed by atoms with Gasteiger partial charge >= 0.3 is 5.97 Å². The molecule has 0 heterocycles. The maximum absolute atomic E-state index is 12.2. The van der Waals surface area contributed by atoms with Crippen LogP contribution in [0.3, 0.4) is 0 Å². The molecule has 4 nitrogen and oxygen atoms in total. The van der Waals surface area contributed by atoms with Crippen LogP contribution in [-0.4, -0.2) is 26.2 Å². The van der Waals surface area contributed by atoms with E-state index in [2.05, 4.69) is 0 Å². The normalized spacial score (nSPS) is 16.8. The minimum atomic E-state index is -3.43. The lowest BCUT2D eigenvalue weighted by Crippen LogP contribution is -2.23. The number of halogens is 1. The number of esters is 1. The Kier molecular flexibility index (Phi) is 4.36. The first kappa shape index (κ1) is 16.3. The van der Waals surface area contributed by atoms with Gasteiger partial charge in [-0.1, -0.05) is 17.7 Å². The maximum atomic E-state index is 12.2. The molecule has 6 heteroatoms. The number of sulfone groups is 1. The molecule has 116 valence electrons. The summed E-state index contributed by atoms with van der Waals surface area (Å²) >= 11 is 6.14. The predicted octanol–water partition coefficient (Wildman–Crippen LogP) is 3.12. The van der Waals surface area contributed by atoms with Crippen molar-refractivity contribution in [1.29, 1.82) is 0 Å². The summed E-state index contributed by atoms with van der Waals surface area (Å²) in [6.07, 6.45) is 1.41. The van der Waals surface area contributed by atoms with Crippen molar-refractivity contribution in [1.82, 2.24) is 0 Å². The Labute approximate surface area is 130 Å². The van der Waals surface area contributed by atoms with Crippen molar-refractivity contribution in [2.24, 2.45) is 0 Å². The summed E-state index contributed by atoms with van der Waals surface area (Å²) in [4.78, 5) is 12.2. The summed E-state index contributed by atoms with van der Waals surface area (Å²) < 4.78 is 29.5. The van der Waals surface area contributed by atoms with Gasteiger partial charge in [-0.15, -0.1) is 0 Å². The highest BCUT2D eigenvalue weighted by Gasteiger charge is 2.53. The zero-order valence-electron chi connectivity index (χ0n) is 12.3. The molecule has 0 aliphatic heterocycles. The standard InChI is InChI=1S/C15H19ClO4S/c1-4-20-14(17)15(7-8-15)11-5-6-13(12(16)9-11)21(18,19)10(2)3/h5-6,9-10H,4,7-8H2,1-3H3. The van der Waals surface area contributed by atoms with Crippen LogP contribution in [0.15, 0.2) is 23.1 Å². The fraction of sp³-hybridized carbons (Fsp3) is 0.533. The third kappa shape index (κ3) is 2.81. The number of hydrogen-bond acceptors (Lipinski definition) is 4. The van der Waals surface area contributed by atoms with E-state index >= 15 is 0 Å². The van der Waals surface area contributed by atoms with Crippen molar-refractivity contribution in [3.05, 3.63) is 28.8 Å². The lowest BCUT2D eigenvalue weighted by molar-refractivity contribution is -0.146. The predicted molar refractivity (Wildman–Crippen MR) is 81.3 cm³/mol. The first-order valence-electron chi connectivity index (χ1n) is 6.97. The molecular formula is C15H19ClO4S. The van der Waals surface area contributed by atoms with E-state index in [0.717, 1.165) is 5.56 Å². The van der Waals surface area contributed by atoms with E-state index in [4.69, 9.17) is 16.3 Å². The molecule has 0 saturated heterocycles. The minimum absolute atomic E-state index is 0.113. The van der Waals surface area contributed by atoms with Crippen LogP contribution in [-0.2, 0) is 24.8 Å². The molecule has 1 saturated carbocycles. The highest BCUT2D eigenvalue weighted by Crippen LogP contribution is 2.50. The van der Waals surface area contributed by atoms with E-state index in [1.807, 2.05) is 0 Å². The van der Waals surface area contributed by atoms with Crippen molar-refractivity contribution in [3.8, 4) is 0 Å². The lowest BCUT2D eigenvalue weighted by Gasteiger charge is -2.16. The minimum Gasteiger partial charge on any atom is -0.465 e. The van der Waals surface area contributed by atoms with Gasteiger partial charge < -0.3 is 4.74 Å². The Hall–Kier alpha value is -1.07. The van der Waals surface area contributed by atoms with E-state index in [0.29, 0.717) is 19.4 Å². The zero-order valence-corrected chi connectivity index (χ0v) is 13.9. The molecule has 0 spiro atoms. The van der Waals surface area contributed by atoms with Gasteiger partial charge in [0.2, 0.25) is 0 Å². The summed E-state index contributed by atoms with van der Waals surface area (Å²) in [5.74, 6) is -0.263. The zero-order chi connectivity index (χ0) is 15.8. The second-order valence-electron chi connectivity index (χ2n) is 5.54. The van der Waals surface area contributed by atoms with Gasteiger partial charge in [-0.05, 0) is 51.3 Å². The summed E-state index contributed by atoms with van der Waals surface area (Å²) in [6, 6.07) is 4.75. The summed E-state index contributed by atoms with van der Waals surface area (Å²) in [6.45, 7) is 5.31. The molecular weight excluding hydrogens is 312 g/mol. The van der Waals surface area contributed by atoms with Crippen molar-refractivity contribution in [2.45, 2.75) is 49.2 Å². The average Bonchev–Trinajstić information content (AvgIpc) is 3.19. The van der Waals surface area contributed by atoms with Gasteiger partial charge in [0.15, 0.2) is 9.84 Å². The van der Waals surface area contributed by atoms with Gasteiger partial charge in [0.1, 0.15) is 0 Å². The summed E-state index contributed by atoms with van der Waals surface area (Å²) in [7, 11) is -3.43. The van der Waals surface area contributed by atoms with Gasteiger partial charge in [-0.3, -0.25) is 4.79 Å². The number of carbonyl (C=O) groups excluding carboxylic acids is 1. The van der Waals surface area contributed by atoms with Crippen LogP contribution in [0, 0.1) is 0 Å². The van der Waals surface area contributed by atoms with Crippen LogP contribution in [0.25, 0.3) is 0 Å². The van der Waals surface area contributed by atoms with E-state index in [1.54, 1.807) is 32.9 Å². The molecule has 0 bridgehead atoms. The Morgan fingerprint density at radius 3 is 2.43 bits per heavy atom. The van der Waals surface area contributed by atoms with Gasteiger partial charge in [0.25, 0.3) is 0 Å². The Morgan fingerprint density at radius 2 is 2.00 bits per heavy atom. The monoisotopic (exact) mass is 330 g/mol. The molecule has 1 aliphatic carbocycles. The highest BCUT2D eigenvalue weighted by atomic mass is 35.5. The second-order valence-corrected chi connectivity index (χ2v) is 8.42. The third-order valence-corrected chi connectivity index (χ3v) is 6.46. The smallest absolute Gasteiger partial charge is 0.316 e. The molecule has 0 aromatic heterocycles. The van der Waals surface area contributed by atoms with Gasteiger partial charge in [0, 0.05) is 0 Å². The van der Waals surface area contributed by atoms with Crippen molar-refractivity contribution in [3.63, 3.8) is 0 Å².